The second kappa shape index (κ2) is 6.23. The Hall–Kier alpha value is -1.60. The Balaban J connectivity index is 2.01. The predicted molar refractivity (Wildman–Crippen MR) is 72.0 cm³/mol. The van der Waals surface area contributed by atoms with Crippen LogP contribution in [0.15, 0.2) is 18.2 Å². The minimum absolute atomic E-state index is 0.0584. The maximum atomic E-state index is 12.0. The lowest BCUT2D eigenvalue weighted by Crippen LogP contribution is -2.19. The van der Waals surface area contributed by atoms with Gasteiger partial charge in [-0.05, 0) is 24.6 Å². The minimum atomic E-state index is -3.42. The van der Waals surface area contributed by atoms with E-state index in [4.69, 9.17) is 14.2 Å². The maximum absolute atomic E-state index is 12.0. The van der Waals surface area contributed by atoms with Crippen molar-refractivity contribution < 1.29 is 27.4 Å². The summed E-state index contributed by atoms with van der Waals surface area (Å²) in [5, 5.41) is 0. The van der Waals surface area contributed by atoms with Crippen molar-refractivity contribution in [1.29, 1.82) is 0 Å². The standard InChI is InChI=1S/C13H16O6S/c1-17-5-2-6-20(15,16)8-11(14)10-3-4-12-13(7-10)19-9-18-12/h3-4,7H,2,5-6,8-9H2,1H3. The van der Waals surface area contributed by atoms with Gasteiger partial charge in [-0.3, -0.25) is 4.79 Å². The second-order valence-electron chi connectivity index (χ2n) is 4.43. The Bertz CT molecular complexity index is 593. The molecule has 0 N–H and O–H groups in total. The zero-order valence-corrected chi connectivity index (χ0v) is 11.9. The van der Waals surface area contributed by atoms with Crippen molar-refractivity contribution in [3.63, 3.8) is 0 Å². The van der Waals surface area contributed by atoms with E-state index in [-0.39, 0.29) is 12.5 Å². The fraction of sp³-hybridized carbons (Fsp3) is 0.462. The number of methoxy groups -OCH3 is 1. The molecule has 0 saturated carbocycles. The molecule has 6 nitrogen and oxygen atoms in total. The molecule has 1 heterocycles. The Morgan fingerprint density at radius 1 is 1.30 bits per heavy atom. The summed E-state index contributed by atoms with van der Waals surface area (Å²) in [6, 6.07) is 4.66. The van der Waals surface area contributed by atoms with Gasteiger partial charge < -0.3 is 14.2 Å². The second-order valence-corrected chi connectivity index (χ2v) is 6.61. The third-order valence-electron chi connectivity index (χ3n) is 2.85. The van der Waals surface area contributed by atoms with E-state index in [1.54, 1.807) is 12.1 Å². The SMILES string of the molecule is COCCCS(=O)(=O)CC(=O)c1ccc2c(c1)OCO2. The molecule has 0 saturated heterocycles. The number of fused-ring (bicyclic) bond motifs is 1. The van der Waals surface area contributed by atoms with Crippen molar-refractivity contribution in [2.24, 2.45) is 0 Å². The van der Waals surface area contributed by atoms with E-state index in [9.17, 15) is 13.2 Å². The molecule has 1 aromatic carbocycles. The predicted octanol–water partition coefficient (Wildman–Crippen LogP) is 1.05. The molecule has 0 aliphatic carbocycles. The smallest absolute Gasteiger partial charge is 0.231 e. The number of Topliss-reactive ketones (excluding diaryl/α,β-unsaturated/α-hetero) is 1. The van der Waals surface area contributed by atoms with Crippen molar-refractivity contribution in [3.05, 3.63) is 23.8 Å². The number of hydrogen-bond donors (Lipinski definition) is 0. The molecule has 7 heteroatoms. The van der Waals surface area contributed by atoms with Gasteiger partial charge in [-0.2, -0.15) is 0 Å². The third-order valence-corrected chi connectivity index (χ3v) is 4.46. The summed E-state index contributed by atoms with van der Waals surface area (Å²) in [7, 11) is -1.91. The molecule has 0 fully saturated rings. The van der Waals surface area contributed by atoms with Gasteiger partial charge in [0.1, 0.15) is 5.75 Å². The monoisotopic (exact) mass is 300 g/mol. The number of ether oxygens (including phenoxy) is 3. The van der Waals surface area contributed by atoms with Crippen molar-refractivity contribution in [3.8, 4) is 11.5 Å². The molecule has 2 rings (SSSR count). The Labute approximate surface area is 117 Å². The van der Waals surface area contributed by atoms with Crippen LogP contribution in [0, 0.1) is 0 Å². The van der Waals surface area contributed by atoms with Gasteiger partial charge in [-0.25, -0.2) is 8.42 Å². The molecule has 0 spiro atoms. The van der Waals surface area contributed by atoms with E-state index in [1.807, 2.05) is 0 Å². The summed E-state index contributed by atoms with van der Waals surface area (Å²) in [5.41, 5.74) is 0.310. The van der Waals surface area contributed by atoms with Gasteiger partial charge >= 0.3 is 0 Å². The Kier molecular flexibility index (Phi) is 4.61. The van der Waals surface area contributed by atoms with Gasteiger partial charge in [-0.1, -0.05) is 0 Å². The van der Waals surface area contributed by atoms with Crippen LogP contribution in [0.2, 0.25) is 0 Å². The highest BCUT2D eigenvalue weighted by molar-refractivity contribution is 7.92. The average Bonchev–Trinajstić information content (AvgIpc) is 2.85. The number of carbonyl (C=O) groups excluding carboxylic acids is 1. The average molecular weight is 300 g/mol. The lowest BCUT2D eigenvalue weighted by Gasteiger charge is -2.04. The number of ketones is 1. The molecule has 0 bridgehead atoms. The molecule has 0 unspecified atom stereocenters. The number of sulfone groups is 1. The first-order valence-electron chi connectivity index (χ1n) is 6.14. The summed E-state index contributed by atoms with van der Waals surface area (Å²) in [6.45, 7) is 0.472. The molecule has 110 valence electrons. The molecule has 20 heavy (non-hydrogen) atoms. The number of hydrogen-bond acceptors (Lipinski definition) is 6. The zero-order valence-electron chi connectivity index (χ0n) is 11.1. The van der Waals surface area contributed by atoms with E-state index >= 15 is 0 Å². The van der Waals surface area contributed by atoms with Gasteiger partial charge in [0.25, 0.3) is 0 Å². The third kappa shape index (κ3) is 3.71. The van der Waals surface area contributed by atoms with E-state index < -0.39 is 21.4 Å². The Morgan fingerprint density at radius 2 is 2.05 bits per heavy atom. The van der Waals surface area contributed by atoms with Gasteiger partial charge in [-0.15, -0.1) is 0 Å². The molecule has 1 aromatic rings. The zero-order chi connectivity index (χ0) is 14.6. The largest absolute Gasteiger partial charge is 0.454 e. The molecule has 0 aromatic heterocycles. The van der Waals surface area contributed by atoms with E-state index in [2.05, 4.69) is 0 Å². The highest BCUT2D eigenvalue weighted by Crippen LogP contribution is 2.32. The van der Waals surface area contributed by atoms with Crippen LogP contribution in [0.25, 0.3) is 0 Å². The van der Waals surface area contributed by atoms with Crippen LogP contribution in [-0.2, 0) is 14.6 Å². The van der Waals surface area contributed by atoms with Crippen molar-refractivity contribution in [2.45, 2.75) is 6.42 Å². The molecular weight excluding hydrogens is 284 g/mol. The highest BCUT2D eigenvalue weighted by Gasteiger charge is 2.20. The van der Waals surface area contributed by atoms with E-state index in [0.717, 1.165) is 0 Å². The number of rotatable bonds is 7. The van der Waals surface area contributed by atoms with Gasteiger partial charge in [0.15, 0.2) is 27.1 Å². The first kappa shape index (κ1) is 14.8. The highest BCUT2D eigenvalue weighted by atomic mass is 32.2. The van der Waals surface area contributed by atoms with Crippen LogP contribution >= 0.6 is 0 Å². The molecule has 0 radical (unpaired) electrons. The molecule has 1 aliphatic heterocycles. The van der Waals surface area contributed by atoms with Crippen LogP contribution in [0.4, 0.5) is 0 Å². The van der Waals surface area contributed by atoms with Crippen LogP contribution in [0.5, 0.6) is 11.5 Å². The summed E-state index contributed by atoms with van der Waals surface area (Å²) in [6.07, 6.45) is 0.382. The first-order valence-corrected chi connectivity index (χ1v) is 7.96. The van der Waals surface area contributed by atoms with Crippen molar-refractivity contribution >= 4 is 15.6 Å². The van der Waals surface area contributed by atoms with Crippen molar-refractivity contribution in [2.75, 3.05) is 32.0 Å². The fourth-order valence-corrected chi connectivity index (χ4v) is 3.12. The van der Waals surface area contributed by atoms with Gasteiger partial charge in [0.05, 0.1) is 5.75 Å². The summed E-state index contributed by atoms with van der Waals surface area (Å²) < 4.78 is 38.7. The number of carbonyl (C=O) groups is 1. The topological polar surface area (TPSA) is 78.9 Å². The summed E-state index contributed by atoms with van der Waals surface area (Å²) in [5.74, 6) is 0.0193. The molecule has 1 aliphatic rings. The Morgan fingerprint density at radius 3 is 2.80 bits per heavy atom. The quantitative estimate of drug-likeness (QED) is 0.553. The first-order chi connectivity index (χ1) is 9.52. The lowest BCUT2D eigenvalue weighted by molar-refractivity contribution is 0.102. The van der Waals surface area contributed by atoms with Crippen LogP contribution in [0.1, 0.15) is 16.8 Å². The van der Waals surface area contributed by atoms with Gasteiger partial charge in [0, 0.05) is 19.3 Å². The fourth-order valence-electron chi connectivity index (χ4n) is 1.85. The molecular formula is C13H16O6S. The van der Waals surface area contributed by atoms with E-state index in [0.29, 0.717) is 30.1 Å². The molecule has 0 amide bonds. The van der Waals surface area contributed by atoms with E-state index in [1.165, 1.54) is 13.2 Å². The van der Waals surface area contributed by atoms with Crippen LogP contribution in [0.3, 0.4) is 0 Å². The lowest BCUT2D eigenvalue weighted by atomic mass is 10.1. The normalized spacial score (nSPS) is 13.4. The van der Waals surface area contributed by atoms with Gasteiger partial charge in [0.2, 0.25) is 6.79 Å². The molecule has 0 atom stereocenters. The number of benzene rings is 1. The van der Waals surface area contributed by atoms with Crippen LogP contribution in [-0.4, -0.2) is 46.2 Å². The summed E-state index contributed by atoms with van der Waals surface area (Å²) in [4.78, 5) is 12.0. The maximum Gasteiger partial charge on any atom is 0.231 e. The van der Waals surface area contributed by atoms with Crippen LogP contribution < -0.4 is 9.47 Å². The minimum Gasteiger partial charge on any atom is -0.454 e. The van der Waals surface area contributed by atoms with Crippen molar-refractivity contribution in [1.82, 2.24) is 0 Å². The summed E-state index contributed by atoms with van der Waals surface area (Å²) >= 11 is 0.